The molecule has 0 saturated carbocycles. The standard InChI is InChI=1S/C23H20ClFN2O4/c1-29-21-8-6-16(12-22(21)30-2)23(28)27-26-13-17-11-18(24)7-9-20(17)31-14-15-4-3-5-19(25)10-15/h3-13H,14H2,1-2H3,(H,27,28)/b26-13-. The van der Waals surface area contributed by atoms with Crippen molar-refractivity contribution in [2.45, 2.75) is 6.61 Å². The normalized spacial score (nSPS) is 10.7. The highest BCUT2D eigenvalue weighted by Gasteiger charge is 2.10. The number of methoxy groups -OCH3 is 2. The Morgan fingerprint density at radius 2 is 1.81 bits per heavy atom. The first-order valence-electron chi connectivity index (χ1n) is 9.22. The second kappa shape index (κ2) is 10.4. The van der Waals surface area contributed by atoms with E-state index in [1.807, 2.05) is 0 Å². The van der Waals surface area contributed by atoms with E-state index in [2.05, 4.69) is 10.5 Å². The van der Waals surface area contributed by atoms with Crippen molar-refractivity contribution in [3.8, 4) is 17.2 Å². The van der Waals surface area contributed by atoms with Gasteiger partial charge in [0.1, 0.15) is 18.2 Å². The van der Waals surface area contributed by atoms with Crippen LogP contribution in [0.4, 0.5) is 4.39 Å². The molecular formula is C23H20ClFN2O4. The molecule has 0 aliphatic carbocycles. The van der Waals surface area contributed by atoms with Crippen molar-refractivity contribution in [3.05, 3.63) is 88.2 Å². The van der Waals surface area contributed by atoms with Crippen LogP contribution in [0.15, 0.2) is 65.8 Å². The van der Waals surface area contributed by atoms with E-state index in [0.717, 1.165) is 0 Å². The van der Waals surface area contributed by atoms with E-state index in [1.165, 1.54) is 32.6 Å². The zero-order chi connectivity index (χ0) is 22.2. The van der Waals surface area contributed by atoms with Gasteiger partial charge in [-0.2, -0.15) is 5.10 Å². The summed E-state index contributed by atoms with van der Waals surface area (Å²) in [6.07, 6.45) is 1.42. The summed E-state index contributed by atoms with van der Waals surface area (Å²) in [5.41, 5.74) is 4.03. The van der Waals surface area contributed by atoms with E-state index in [0.29, 0.717) is 39.0 Å². The lowest BCUT2D eigenvalue weighted by Gasteiger charge is -2.10. The Bertz CT molecular complexity index is 1100. The molecule has 8 heteroatoms. The third-order valence-corrected chi connectivity index (χ3v) is 4.51. The summed E-state index contributed by atoms with van der Waals surface area (Å²) in [5, 5.41) is 4.47. The fourth-order valence-corrected chi connectivity index (χ4v) is 2.92. The van der Waals surface area contributed by atoms with Crippen LogP contribution in [0.1, 0.15) is 21.5 Å². The molecule has 0 heterocycles. The number of carbonyl (C=O) groups is 1. The van der Waals surface area contributed by atoms with Gasteiger partial charge in [-0.15, -0.1) is 0 Å². The smallest absolute Gasteiger partial charge is 0.271 e. The summed E-state index contributed by atoms with van der Waals surface area (Å²) in [6, 6.07) is 15.9. The molecule has 1 amide bonds. The molecule has 0 aliphatic rings. The minimum atomic E-state index is -0.429. The predicted octanol–water partition coefficient (Wildman–Crippen LogP) is 4.84. The summed E-state index contributed by atoms with van der Waals surface area (Å²) < 4.78 is 29.5. The fourth-order valence-electron chi connectivity index (χ4n) is 2.74. The Morgan fingerprint density at radius 1 is 1.03 bits per heavy atom. The second-order valence-corrected chi connectivity index (χ2v) is 6.81. The maximum absolute atomic E-state index is 13.3. The minimum Gasteiger partial charge on any atom is -0.493 e. The Kier molecular flexibility index (Phi) is 7.45. The Hall–Kier alpha value is -3.58. The van der Waals surface area contributed by atoms with Crippen molar-refractivity contribution in [2.75, 3.05) is 14.2 Å². The van der Waals surface area contributed by atoms with Crippen molar-refractivity contribution in [1.29, 1.82) is 0 Å². The molecule has 0 aromatic heterocycles. The topological polar surface area (TPSA) is 69.2 Å². The third kappa shape index (κ3) is 5.96. The van der Waals surface area contributed by atoms with Crippen LogP contribution in [0.25, 0.3) is 0 Å². The van der Waals surface area contributed by atoms with Gasteiger partial charge in [0, 0.05) is 16.1 Å². The molecule has 0 spiro atoms. The molecule has 6 nitrogen and oxygen atoms in total. The molecular weight excluding hydrogens is 423 g/mol. The van der Waals surface area contributed by atoms with Crippen molar-refractivity contribution < 1.29 is 23.4 Å². The summed E-state index contributed by atoms with van der Waals surface area (Å²) >= 11 is 6.07. The highest BCUT2D eigenvalue weighted by molar-refractivity contribution is 6.30. The molecule has 3 aromatic rings. The zero-order valence-electron chi connectivity index (χ0n) is 16.9. The van der Waals surface area contributed by atoms with Gasteiger partial charge in [0.25, 0.3) is 5.91 Å². The van der Waals surface area contributed by atoms with Crippen LogP contribution in [0.2, 0.25) is 5.02 Å². The number of carbonyl (C=O) groups excluding carboxylic acids is 1. The van der Waals surface area contributed by atoms with Gasteiger partial charge >= 0.3 is 0 Å². The molecule has 0 saturated heterocycles. The van der Waals surface area contributed by atoms with Crippen LogP contribution in [0.5, 0.6) is 17.2 Å². The van der Waals surface area contributed by atoms with Gasteiger partial charge in [-0.05, 0) is 54.1 Å². The lowest BCUT2D eigenvalue weighted by atomic mass is 10.2. The maximum atomic E-state index is 13.3. The number of ether oxygens (including phenoxy) is 3. The van der Waals surface area contributed by atoms with Gasteiger partial charge < -0.3 is 14.2 Å². The van der Waals surface area contributed by atoms with E-state index in [1.54, 1.807) is 48.5 Å². The van der Waals surface area contributed by atoms with Crippen LogP contribution < -0.4 is 19.6 Å². The Labute approximate surface area is 184 Å². The quantitative estimate of drug-likeness (QED) is 0.400. The molecule has 0 radical (unpaired) electrons. The highest BCUT2D eigenvalue weighted by Crippen LogP contribution is 2.27. The third-order valence-electron chi connectivity index (χ3n) is 4.27. The first kappa shape index (κ1) is 22.1. The largest absolute Gasteiger partial charge is 0.493 e. The number of amides is 1. The number of nitrogens with zero attached hydrogens (tertiary/aromatic N) is 1. The highest BCUT2D eigenvalue weighted by atomic mass is 35.5. The summed E-state index contributed by atoms with van der Waals surface area (Å²) in [5.74, 6) is 0.666. The van der Waals surface area contributed by atoms with E-state index >= 15 is 0 Å². The van der Waals surface area contributed by atoms with Crippen LogP contribution >= 0.6 is 11.6 Å². The second-order valence-electron chi connectivity index (χ2n) is 6.37. The number of hydrogen-bond acceptors (Lipinski definition) is 5. The van der Waals surface area contributed by atoms with Gasteiger partial charge in [-0.3, -0.25) is 4.79 Å². The van der Waals surface area contributed by atoms with Crippen molar-refractivity contribution in [1.82, 2.24) is 5.43 Å². The van der Waals surface area contributed by atoms with E-state index in [4.69, 9.17) is 25.8 Å². The molecule has 1 N–H and O–H groups in total. The van der Waals surface area contributed by atoms with E-state index in [9.17, 15) is 9.18 Å². The van der Waals surface area contributed by atoms with Gasteiger partial charge in [0.05, 0.1) is 20.4 Å². The van der Waals surface area contributed by atoms with Crippen molar-refractivity contribution in [2.24, 2.45) is 5.10 Å². The average molecular weight is 443 g/mol. The van der Waals surface area contributed by atoms with Gasteiger partial charge in [-0.1, -0.05) is 23.7 Å². The number of benzene rings is 3. The number of hydrazone groups is 1. The summed E-state index contributed by atoms with van der Waals surface area (Å²) in [6.45, 7) is 0.165. The molecule has 3 rings (SSSR count). The average Bonchev–Trinajstić information content (AvgIpc) is 2.78. The predicted molar refractivity (Wildman–Crippen MR) is 117 cm³/mol. The molecule has 31 heavy (non-hydrogen) atoms. The Morgan fingerprint density at radius 3 is 2.55 bits per heavy atom. The number of halogens is 2. The first-order valence-corrected chi connectivity index (χ1v) is 9.60. The van der Waals surface area contributed by atoms with E-state index < -0.39 is 5.91 Å². The molecule has 0 aliphatic heterocycles. The maximum Gasteiger partial charge on any atom is 0.271 e. The van der Waals surface area contributed by atoms with Gasteiger partial charge in [0.15, 0.2) is 11.5 Å². The van der Waals surface area contributed by atoms with Gasteiger partial charge in [-0.25, -0.2) is 9.82 Å². The first-order chi connectivity index (χ1) is 15.0. The SMILES string of the molecule is COc1ccc(C(=O)N/N=C\c2cc(Cl)ccc2OCc2cccc(F)c2)cc1OC. The van der Waals surface area contributed by atoms with Crippen LogP contribution in [-0.4, -0.2) is 26.3 Å². The van der Waals surface area contributed by atoms with Crippen LogP contribution in [0, 0.1) is 5.82 Å². The summed E-state index contributed by atoms with van der Waals surface area (Å²) in [4.78, 5) is 12.4. The fraction of sp³-hybridized carbons (Fsp3) is 0.130. The lowest BCUT2D eigenvalue weighted by Crippen LogP contribution is -2.17. The van der Waals surface area contributed by atoms with Crippen LogP contribution in [-0.2, 0) is 6.61 Å². The number of hydrogen-bond donors (Lipinski definition) is 1. The number of nitrogens with one attached hydrogen (secondary N) is 1. The molecule has 0 bridgehead atoms. The number of rotatable bonds is 8. The molecule has 3 aromatic carbocycles. The minimum absolute atomic E-state index is 0.165. The molecule has 0 fully saturated rings. The lowest BCUT2D eigenvalue weighted by molar-refractivity contribution is 0.0954. The van der Waals surface area contributed by atoms with Crippen molar-refractivity contribution in [3.63, 3.8) is 0 Å². The zero-order valence-corrected chi connectivity index (χ0v) is 17.7. The monoisotopic (exact) mass is 442 g/mol. The summed E-state index contributed by atoms with van der Waals surface area (Å²) in [7, 11) is 3.00. The van der Waals surface area contributed by atoms with Crippen LogP contribution in [0.3, 0.4) is 0 Å². The van der Waals surface area contributed by atoms with Gasteiger partial charge in [0.2, 0.25) is 0 Å². The molecule has 0 atom stereocenters. The molecule has 0 unspecified atom stereocenters. The van der Waals surface area contributed by atoms with E-state index in [-0.39, 0.29) is 12.4 Å². The van der Waals surface area contributed by atoms with Crippen molar-refractivity contribution >= 4 is 23.7 Å². The molecule has 160 valence electrons. The Balaban J connectivity index is 1.70.